The summed E-state index contributed by atoms with van der Waals surface area (Å²) in [5, 5.41) is 34.1. The molecule has 40 heavy (non-hydrogen) atoms. The topological polar surface area (TPSA) is 218 Å². The highest BCUT2D eigenvalue weighted by Gasteiger charge is 2.43. The van der Waals surface area contributed by atoms with Crippen LogP contribution in [-0.2, 0) is 41.9 Å². The normalized spacial score (nSPS) is 16.6. The van der Waals surface area contributed by atoms with Crippen molar-refractivity contribution in [1.29, 1.82) is 0 Å². The summed E-state index contributed by atoms with van der Waals surface area (Å²) < 4.78 is 10.5. The molecular formula is C24H22N4O12. The number of benzene rings is 2. The van der Waals surface area contributed by atoms with Crippen LogP contribution in [0.3, 0.4) is 0 Å². The molecule has 0 spiro atoms. The van der Waals surface area contributed by atoms with Gasteiger partial charge in [-0.15, -0.1) is 0 Å². The number of carboxylic acids is 1. The number of Topliss-reactive ketones (excluding diaryl/α,β-unsaturated/α-hetero) is 1. The minimum Gasteiger partial charge on any atom is -0.476 e. The van der Waals surface area contributed by atoms with Crippen LogP contribution in [0, 0.1) is 20.2 Å². The van der Waals surface area contributed by atoms with E-state index in [-0.39, 0.29) is 37.6 Å². The lowest BCUT2D eigenvalue weighted by Gasteiger charge is -2.22. The van der Waals surface area contributed by atoms with Crippen molar-refractivity contribution in [2.45, 2.75) is 38.7 Å². The van der Waals surface area contributed by atoms with Gasteiger partial charge in [0.25, 0.3) is 11.4 Å². The zero-order valence-electron chi connectivity index (χ0n) is 20.8. The summed E-state index contributed by atoms with van der Waals surface area (Å²) >= 11 is 0. The van der Waals surface area contributed by atoms with E-state index in [0.717, 1.165) is 11.8 Å². The minimum absolute atomic E-state index is 0.153. The summed E-state index contributed by atoms with van der Waals surface area (Å²) in [4.78, 5) is 75.0. The maximum absolute atomic E-state index is 12.9. The molecule has 1 fully saturated rings. The molecule has 0 aromatic heterocycles. The zero-order chi connectivity index (χ0) is 29.4. The van der Waals surface area contributed by atoms with Gasteiger partial charge in [0.2, 0.25) is 5.71 Å². The second-order valence-corrected chi connectivity index (χ2v) is 8.44. The maximum Gasteiger partial charge on any atom is 0.410 e. The highest BCUT2D eigenvalue weighted by molar-refractivity contribution is 6.63. The molecule has 1 aliphatic heterocycles. The predicted molar refractivity (Wildman–Crippen MR) is 132 cm³/mol. The largest absolute Gasteiger partial charge is 0.476 e. The van der Waals surface area contributed by atoms with Crippen LogP contribution in [0.25, 0.3) is 0 Å². The number of ether oxygens (including phenoxy) is 2. The number of hydrogen-bond acceptors (Lipinski definition) is 12. The van der Waals surface area contributed by atoms with E-state index in [4.69, 9.17) is 19.4 Å². The number of carbonyl (C=O) groups excluding carboxylic acids is 3. The van der Waals surface area contributed by atoms with E-state index in [1.165, 1.54) is 48.5 Å². The SMILES string of the molecule is CC(=O)C(=NO[C@H]1C[C@@H](C(=O)OCc2ccc([N+](=O)[O-])cc2)N(C(=O)OCc2ccc([N+](=O)[O-])cc2)C1)C(=O)O. The number of rotatable bonds is 11. The Hall–Kier alpha value is -5.41. The van der Waals surface area contributed by atoms with E-state index in [1.54, 1.807) is 0 Å². The fourth-order valence-electron chi connectivity index (χ4n) is 3.59. The van der Waals surface area contributed by atoms with E-state index in [9.17, 15) is 39.4 Å². The van der Waals surface area contributed by atoms with E-state index < -0.39 is 51.5 Å². The molecule has 0 radical (unpaired) electrons. The quantitative estimate of drug-likeness (QED) is 0.138. The van der Waals surface area contributed by atoms with E-state index in [0.29, 0.717) is 11.1 Å². The Morgan fingerprint density at radius 3 is 1.88 bits per heavy atom. The van der Waals surface area contributed by atoms with Crippen LogP contribution in [0.15, 0.2) is 53.7 Å². The number of aliphatic carboxylic acids is 1. The van der Waals surface area contributed by atoms with Gasteiger partial charge in [0.05, 0.1) is 16.4 Å². The number of amides is 1. The Balaban J connectivity index is 1.71. The molecule has 3 rings (SSSR count). The summed E-state index contributed by atoms with van der Waals surface area (Å²) in [7, 11) is 0. The van der Waals surface area contributed by atoms with Crippen molar-refractivity contribution >= 4 is 40.9 Å². The molecule has 2 aromatic carbocycles. The average molecular weight is 558 g/mol. The van der Waals surface area contributed by atoms with E-state index in [2.05, 4.69) is 5.16 Å². The third kappa shape index (κ3) is 7.56. The molecule has 1 amide bonds. The van der Waals surface area contributed by atoms with Crippen LogP contribution < -0.4 is 0 Å². The van der Waals surface area contributed by atoms with E-state index >= 15 is 0 Å². The van der Waals surface area contributed by atoms with Gasteiger partial charge in [-0.05, 0) is 35.4 Å². The lowest BCUT2D eigenvalue weighted by atomic mass is 10.2. The van der Waals surface area contributed by atoms with Crippen molar-refractivity contribution in [1.82, 2.24) is 4.90 Å². The smallest absolute Gasteiger partial charge is 0.410 e. The predicted octanol–water partition coefficient (Wildman–Crippen LogP) is 2.37. The number of likely N-dealkylation sites (tertiary alicyclic amines) is 1. The number of ketones is 1. The number of esters is 1. The lowest BCUT2D eigenvalue weighted by molar-refractivity contribution is -0.385. The first-order valence-corrected chi connectivity index (χ1v) is 11.5. The van der Waals surface area contributed by atoms with Crippen molar-refractivity contribution in [3.63, 3.8) is 0 Å². The number of carbonyl (C=O) groups is 4. The Bertz CT molecular complexity index is 1240. The molecule has 16 nitrogen and oxygen atoms in total. The fraction of sp³-hybridized carbons (Fsp3) is 0.292. The first kappa shape index (κ1) is 29.2. The summed E-state index contributed by atoms with van der Waals surface area (Å²) in [5.41, 5.74) is -0.317. The van der Waals surface area contributed by atoms with Crippen molar-refractivity contribution in [3.05, 3.63) is 79.9 Å². The maximum atomic E-state index is 12.9. The average Bonchev–Trinajstić information content (AvgIpc) is 3.35. The molecule has 0 bridgehead atoms. The summed E-state index contributed by atoms with van der Waals surface area (Å²) in [6.45, 7) is 0.154. The number of hydrogen-bond donors (Lipinski definition) is 1. The van der Waals surface area contributed by atoms with Crippen molar-refractivity contribution in [2.75, 3.05) is 6.54 Å². The van der Waals surface area contributed by atoms with Crippen molar-refractivity contribution < 1.29 is 48.4 Å². The molecule has 0 aliphatic carbocycles. The molecule has 1 N–H and O–H groups in total. The highest BCUT2D eigenvalue weighted by Crippen LogP contribution is 2.24. The first-order valence-electron chi connectivity index (χ1n) is 11.5. The van der Waals surface area contributed by atoms with Gasteiger partial charge in [0.1, 0.15) is 25.4 Å². The number of nitro groups is 2. The Labute approximate surface area is 225 Å². The molecule has 16 heteroatoms. The van der Waals surface area contributed by atoms with Crippen LogP contribution in [0.1, 0.15) is 24.5 Å². The summed E-state index contributed by atoms with van der Waals surface area (Å²) in [6, 6.07) is 9.26. The molecule has 2 aromatic rings. The Kier molecular flexibility index (Phi) is 9.40. The number of carboxylic acid groups (broad SMARTS) is 1. The van der Waals surface area contributed by atoms with Crippen LogP contribution in [0.5, 0.6) is 0 Å². The van der Waals surface area contributed by atoms with Crippen LogP contribution in [0.4, 0.5) is 16.2 Å². The third-order valence-corrected chi connectivity index (χ3v) is 5.64. The van der Waals surface area contributed by atoms with Gasteiger partial charge >= 0.3 is 18.0 Å². The van der Waals surface area contributed by atoms with Gasteiger partial charge in [-0.3, -0.25) is 29.9 Å². The number of oxime groups is 1. The highest BCUT2D eigenvalue weighted by atomic mass is 16.6. The van der Waals surface area contributed by atoms with Crippen LogP contribution in [0.2, 0.25) is 0 Å². The molecule has 1 heterocycles. The van der Waals surface area contributed by atoms with Gasteiger partial charge in [0.15, 0.2) is 5.78 Å². The third-order valence-electron chi connectivity index (χ3n) is 5.64. The molecule has 210 valence electrons. The summed E-state index contributed by atoms with van der Waals surface area (Å²) in [6.07, 6.45) is -2.15. The van der Waals surface area contributed by atoms with Crippen molar-refractivity contribution in [3.8, 4) is 0 Å². The molecular weight excluding hydrogens is 536 g/mol. The second kappa shape index (κ2) is 12.9. The second-order valence-electron chi connectivity index (χ2n) is 8.44. The van der Waals surface area contributed by atoms with Crippen LogP contribution >= 0.6 is 0 Å². The molecule has 2 atom stereocenters. The van der Waals surface area contributed by atoms with Gasteiger partial charge in [-0.1, -0.05) is 5.16 Å². The van der Waals surface area contributed by atoms with Gasteiger partial charge in [-0.25, -0.2) is 14.4 Å². The number of nitro benzene ring substituents is 2. The molecule has 1 aliphatic rings. The van der Waals surface area contributed by atoms with Gasteiger partial charge < -0.3 is 19.4 Å². The molecule has 1 saturated heterocycles. The lowest BCUT2D eigenvalue weighted by Crippen LogP contribution is -2.41. The summed E-state index contributed by atoms with van der Waals surface area (Å²) in [5.74, 6) is -3.36. The Morgan fingerprint density at radius 2 is 1.43 bits per heavy atom. The van der Waals surface area contributed by atoms with E-state index in [1.807, 2.05) is 0 Å². The molecule has 0 unspecified atom stereocenters. The zero-order valence-corrected chi connectivity index (χ0v) is 20.8. The number of non-ortho nitro benzene ring substituents is 2. The van der Waals surface area contributed by atoms with Crippen LogP contribution in [-0.4, -0.2) is 68.1 Å². The minimum atomic E-state index is -1.62. The van der Waals surface area contributed by atoms with Gasteiger partial charge in [-0.2, -0.15) is 0 Å². The van der Waals surface area contributed by atoms with Gasteiger partial charge in [0, 0.05) is 37.6 Å². The number of nitrogens with zero attached hydrogens (tertiary/aromatic N) is 4. The first-order chi connectivity index (χ1) is 19.0. The Morgan fingerprint density at radius 1 is 0.925 bits per heavy atom. The van der Waals surface area contributed by atoms with Crippen molar-refractivity contribution in [2.24, 2.45) is 5.16 Å². The molecule has 0 saturated carbocycles. The standard InChI is InChI=1S/C24H22N4O12/c1-14(29)21(22(30)31)25-40-19-10-20(23(32)38-12-15-2-6-17(7-3-15)27(34)35)26(11-19)24(33)39-13-16-4-8-18(9-5-16)28(36)37/h2-9,19-20H,10-13H2,1H3,(H,30,31)/t19-,20-/m0/s1. The monoisotopic (exact) mass is 558 g/mol. The fourth-order valence-corrected chi connectivity index (χ4v) is 3.59.